The van der Waals surface area contributed by atoms with Crippen LogP contribution in [0.15, 0.2) is 66.9 Å². The van der Waals surface area contributed by atoms with E-state index < -0.39 is 11.0 Å². The van der Waals surface area contributed by atoms with Crippen LogP contribution < -0.4 is 10.6 Å². The van der Waals surface area contributed by atoms with Crippen LogP contribution >= 0.6 is 0 Å². The first-order valence-electron chi connectivity index (χ1n) is 14.1. The fourth-order valence-corrected chi connectivity index (χ4v) is 7.76. The number of benzene rings is 2. The molecule has 4 aliphatic carbocycles. The minimum atomic E-state index is -0.489. The van der Waals surface area contributed by atoms with E-state index in [-0.39, 0.29) is 25.2 Å². The number of hydrogen-bond donors (Lipinski definition) is 3. The highest BCUT2D eigenvalue weighted by Crippen LogP contribution is 2.63. The average Bonchev–Trinajstić information content (AvgIpc) is 3.36. The lowest BCUT2D eigenvalue weighted by molar-refractivity contribution is -0.200. The standard InChI is InChI=1S/C32H31N5O4.CH4/c1-19(38)41-32-16-20-12-21(17-32)15-31(14-20,18-32)30(40)34-24-8-5-22(6-9-24)28-35-25-10-7-23(13-26(25)36-28)29(39)37-27-4-2-3-11-33-27;/h2-11,13,20-21H,12,14-18H2,1H3,(H,34,40)(H,35,36)(H,33,37,39);1H4. The van der Waals surface area contributed by atoms with Crippen molar-refractivity contribution in [1.29, 1.82) is 0 Å². The van der Waals surface area contributed by atoms with Crippen LogP contribution in [0.25, 0.3) is 22.4 Å². The Morgan fingerprint density at radius 3 is 2.40 bits per heavy atom. The van der Waals surface area contributed by atoms with Gasteiger partial charge in [-0.15, -0.1) is 0 Å². The van der Waals surface area contributed by atoms with Crippen LogP contribution in [0.4, 0.5) is 11.5 Å². The smallest absolute Gasteiger partial charge is 0.303 e. The molecule has 2 aromatic carbocycles. The van der Waals surface area contributed by atoms with Gasteiger partial charge in [0.25, 0.3) is 5.91 Å². The number of hydrogen-bond acceptors (Lipinski definition) is 6. The molecule has 4 fully saturated rings. The van der Waals surface area contributed by atoms with E-state index in [1.54, 1.807) is 30.5 Å². The Labute approximate surface area is 244 Å². The molecule has 2 heterocycles. The molecule has 4 bridgehead atoms. The van der Waals surface area contributed by atoms with Crippen molar-refractivity contribution in [3.8, 4) is 11.4 Å². The zero-order valence-corrected chi connectivity index (χ0v) is 22.8. The molecule has 0 spiro atoms. The van der Waals surface area contributed by atoms with Crippen LogP contribution in [-0.2, 0) is 14.3 Å². The molecular weight excluding hydrogens is 530 g/mol. The molecule has 0 aliphatic heterocycles. The zero-order valence-electron chi connectivity index (χ0n) is 22.8. The summed E-state index contributed by atoms with van der Waals surface area (Å²) in [7, 11) is 0. The van der Waals surface area contributed by atoms with Gasteiger partial charge in [-0.2, -0.15) is 0 Å². The summed E-state index contributed by atoms with van der Waals surface area (Å²) in [5.41, 5.74) is 2.60. The summed E-state index contributed by atoms with van der Waals surface area (Å²) in [4.78, 5) is 50.3. The highest BCUT2D eigenvalue weighted by Gasteiger charge is 2.62. The van der Waals surface area contributed by atoms with Crippen molar-refractivity contribution in [3.63, 3.8) is 0 Å². The van der Waals surface area contributed by atoms with Crippen molar-refractivity contribution < 1.29 is 19.1 Å². The first-order chi connectivity index (χ1) is 19.8. The number of aromatic nitrogens is 3. The Balaban J connectivity index is 0.00000316. The summed E-state index contributed by atoms with van der Waals surface area (Å²) in [6.07, 6.45) is 6.83. The molecule has 2 atom stereocenters. The normalized spacial score (nSPS) is 25.5. The zero-order chi connectivity index (χ0) is 28.2. The Kier molecular flexibility index (Phi) is 6.83. The number of pyridine rings is 1. The monoisotopic (exact) mass is 565 g/mol. The number of esters is 1. The van der Waals surface area contributed by atoms with Gasteiger partial charge in [0.15, 0.2) is 0 Å². The van der Waals surface area contributed by atoms with Gasteiger partial charge < -0.3 is 20.4 Å². The lowest BCUT2D eigenvalue weighted by Crippen LogP contribution is -2.60. The van der Waals surface area contributed by atoms with Crippen LogP contribution in [0, 0.1) is 17.3 Å². The Morgan fingerprint density at radius 1 is 0.952 bits per heavy atom. The molecular formula is C33H35N5O4. The van der Waals surface area contributed by atoms with E-state index in [1.165, 1.54) is 6.92 Å². The third kappa shape index (κ3) is 5.04. The van der Waals surface area contributed by atoms with E-state index in [0.717, 1.165) is 54.4 Å². The summed E-state index contributed by atoms with van der Waals surface area (Å²) in [6, 6.07) is 18.3. The molecule has 8 rings (SSSR count). The van der Waals surface area contributed by atoms with E-state index in [2.05, 4.69) is 25.6 Å². The number of nitrogens with one attached hydrogen (secondary N) is 3. The predicted octanol–water partition coefficient (Wildman–Crippen LogP) is 6.35. The van der Waals surface area contributed by atoms with Gasteiger partial charge in [-0.1, -0.05) is 13.5 Å². The second kappa shape index (κ2) is 10.4. The summed E-state index contributed by atoms with van der Waals surface area (Å²) >= 11 is 0. The number of carbonyl (C=O) groups excluding carboxylic acids is 3. The molecule has 4 saturated carbocycles. The van der Waals surface area contributed by atoms with Crippen molar-refractivity contribution in [2.45, 2.75) is 58.5 Å². The largest absolute Gasteiger partial charge is 0.459 e. The molecule has 0 radical (unpaired) electrons. The van der Waals surface area contributed by atoms with Crippen molar-refractivity contribution >= 4 is 40.3 Å². The molecule has 2 amide bonds. The summed E-state index contributed by atoms with van der Waals surface area (Å²) in [6.45, 7) is 1.47. The topological polar surface area (TPSA) is 126 Å². The number of nitrogens with zero attached hydrogens (tertiary/aromatic N) is 2. The second-order valence-corrected chi connectivity index (χ2v) is 12.0. The molecule has 216 valence electrons. The SMILES string of the molecule is C.CC(=O)OC12CC3CC(C1)CC(C(=O)Nc1ccc(-c4nc5ccc(C(=O)Nc6ccccn6)cc5[nH]4)cc1)(C3)C2. The number of carbonyl (C=O) groups is 3. The number of fused-ring (bicyclic) bond motifs is 1. The van der Waals surface area contributed by atoms with Crippen LogP contribution in [0.5, 0.6) is 0 Å². The summed E-state index contributed by atoms with van der Waals surface area (Å²) in [5.74, 6) is 1.53. The Bertz CT molecular complexity index is 1650. The van der Waals surface area contributed by atoms with Crippen LogP contribution in [0.3, 0.4) is 0 Å². The molecule has 9 heteroatoms. The summed E-state index contributed by atoms with van der Waals surface area (Å²) < 4.78 is 5.86. The van der Waals surface area contributed by atoms with Crippen LogP contribution in [0.2, 0.25) is 0 Å². The Hall–Kier alpha value is -4.53. The van der Waals surface area contributed by atoms with Crippen LogP contribution in [0.1, 0.15) is 63.2 Å². The van der Waals surface area contributed by atoms with E-state index in [1.807, 2.05) is 36.4 Å². The van der Waals surface area contributed by atoms with Crippen molar-refractivity contribution in [1.82, 2.24) is 15.0 Å². The average molecular weight is 566 g/mol. The quantitative estimate of drug-likeness (QED) is 0.234. The van der Waals surface area contributed by atoms with Gasteiger partial charge in [-0.25, -0.2) is 9.97 Å². The number of aromatic amines is 1. The Morgan fingerprint density at radius 2 is 1.71 bits per heavy atom. The van der Waals surface area contributed by atoms with Gasteiger partial charge in [-0.05, 0) is 98.5 Å². The number of amides is 2. The maximum atomic E-state index is 13.7. The van der Waals surface area contributed by atoms with E-state index >= 15 is 0 Å². The lowest BCUT2D eigenvalue weighted by Gasteiger charge is -2.60. The van der Waals surface area contributed by atoms with E-state index in [4.69, 9.17) is 4.74 Å². The molecule has 2 aromatic heterocycles. The van der Waals surface area contributed by atoms with Crippen molar-refractivity contribution in [2.24, 2.45) is 17.3 Å². The third-order valence-electron chi connectivity index (χ3n) is 8.92. The molecule has 9 nitrogen and oxygen atoms in total. The molecule has 4 aromatic rings. The van der Waals surface area contributed by atoms with Crippen molar-refractivity contribution in [2.75, 3.05) is 10.6 Å². The van der Waals surface area contributed by atoms with Gasteiger partial charge in [-0.3, -0.25) is 14.4 Å². The highest BCUT2D eigenvalue weighted by molar-refractivity contribution is 6.05. The summed E-state index contributed by atoms with van der Waals surface area (Å²) in [5, 5.41) is 5.95. The lowest BCUT2D eigenvalue weighted by atomic mass is 9.47. The predicted molar refractivity (Wildman–Crippen MR) is 161 cm³/mol. The van der Waals surface area contributed by atoms with Gasteiger partial charge in [0, 0.05) is 36.4 Å². The van der Waals surface area contributed by atoms with E-state index in [9.17, 15) is 14.4 Å². The van der Waals surface area contributed by atoms with Crippen molar-refractivity contribution in [3.05, 3.63) is 72.4 Å². The third-order valence-corrected chi connectivity index (χ3v) is 8.92. The number of rotatable bonds is 6. The van der Waals surface area contributed by atoms with Gasteiger partial charge in [0.1, 0.15) is 17.2 Å². The molecule has 2 unspecified atom stereocenters. The van der Waals surface area contributed by atoms with Gasteiger partial charge in [0.2, 0.25) is 5.91 Å². The van der Waals surface area contributed by atoms with Crippen LogP contribution in [-0.4, -0.2) is 38.3 Å². The highest BCUT2D eigenvalue weighted by atomic mass is 16.6. The maximum absolute atomic E-state index is 13.7. The number of imidazole rings is 1. The molecule has 0 saturated heterocycles. The molecule has 4 aliphatic rings. The number of ether oxygens (including phenoxy) is 1. The van der Waals surface area contributed by atoms with Gasteiger partial charge >= 0.3 is 5.97 Å². The minimum absolute atomic E-state index is 0. The number of H-pyrrole nitrogens is 1. The number of anilines is 2. The molecule has 3 N–H and O–H groups in total. The maximum Gasteiger partial charge on any atom is 0.303 e. The first kappa shape index (κ1) is 27.6. The fraction of sp³-hybridized carbons (Fsp3) is 0.364. The minimum Gasteiger partial charge on any atom is -0.459 e. The van der Waals surface area contributed by atoms with E-state index in [0.29, 0.717) is 35.5 Å². The molecule has 42 heavy (non-hydrogen) atoms. The van der Waals surface area contributed by atoms with Gasteiger partial charge in [0.05, 0.1) is 16.4 Å². The first-order valence-corrected chi connectivity index (χ1v) is 14.1. The second-order valence-electron chi connectivity index (χ2n) is 12.0. The fourth-order valence-electron chi connectivity index (χ4n) is 7.76.